The van der Waals surface area contributed by atoms with Crippen LogP contribution >= 0.6 is 23.1 Å². The molecule has 0 radical (unpaired) electrons. The SMILES string of the molecule is Cc1ccc(SCc2cc(C(=O)O)sc2C)cc1C. The monoisotopic (exact) mass is 292 g/mol. The maximum absolute atomic E-state index is 10.9. The number of thioether (sulfide) groups is 1. The van der Waals surface area contributed by atoms with Gasteiger partial charge in [0, 0.05) is 15.5 Å². The van der Waals surface area contributed by atoms with E-state index >= 15 is 0 Å². The van der Waals surface area contributed by atoms with Crippen molar-refractivity contribution in [2.45, 2.75) is 31.4 Å². The number of hydrogen-bond donors (Lipinski definition) is 1. The van der Waals surface area contributed by atoms with Gasteiger partial charge in [0.25, 0.3) is 0 Å². The van der Waals surface area contributed by atoms with Gasteiger partial charge in [-0.05, 0) is 55.7 Å². The molecule has 0 atom stereocenters. The number of carbonyl (C=O) groups is 1. The van der Waals surface area contributed by atoms with Gasteiger partial charge in [-0.3, -0.25) is 0 Å². The van der Waals surface area contributed by atoms with Crippen molar-refractivity contribution in [3.63, 3.8) is 0 Å². The lowest BCUT2D eigenvalue weighted by atomic mass is 10.1. The highest BCUT2D eigenvalue weighted by Gasteiger charge is 2.11. The predicted molar refractivity (Wildman–Crippen MR) is 81.5 cm³/mol. The molecule has 100 valence electrons. The number of thiophene rings is 1. The molecule has 0 unspecified atom stereocenters. The Hall–Kier alpha value is -1.26. The van der Waals surface area contributed by atoms with Crippen molar-refractivity contribution < 1.29 is 9.90 Å². The van der Waals surface area contributed by atoms with Crippen LogP contribution in [-0.2, 0) is 5.75 Å². The first-order valence-corrected chi connectivity index (χ1v) is 7.80. The van der Waals surface area contributed by atoms with Gasteiger partial charge in [0.15, 0.2) is 0 Å². The molecule has 1 aromatic carbocycles. The fourth-order valence-electron chi connectivity index (χ4n) is 1.73. The van der Waals surface area contributed by atoms with Crippen LogP contribution in [0.3, 0.4) is 0 Å². The van der Waals surface area contributed by atoms with Gasteiger partial charge < -0.3 is 5.11 Å². The quantitative estimate of drug-likeness (QED) is 0.832. The van der Waals surface area contributed by atoms with E-state index in [4.69, 9.17) is 5.11 Å². The van der Waals surface area contributed by atoms with Crippen LogP contribution in [0.15, 0.2) is 29.2 Å². The maximum atomic E-state index is 10.9. The molecule has 0 fully saturated rings. The summed E-state index contributed by atoms with van der Waals surface area (Å²) in [5.41, 5.74) is 3.70. The van der Waals surface area contributed by atoms with E-state index < -0.39 is 5.97 Å². The first-order valence-electron chi connectivity index (χ1n) is 6.00. The molecule has 0 saturated carbocycles. The third-order valence-electron chi connectivity index (χ3n) is 3.10. The number of benzene rings is 1. The fraction of sp³-hybridized carbons (Fsp3) is 0.267. The third kappa shape index (κ3) is 3.39. The van der Waals surface area contributed by atoms with E-state index in [1.165, 1.54) is 27.4 Å². The number of hydrogen-bond acceptors (Lipinski definition) is 3. The Balaban J connectivity index is 2.09. The van der Waals surface area contributed by atoms with Crippen molar-refractivity contribution in [2.75, 3.05) is 0 Å². The molecule has 2 nitrogen and oxygen atoms in total. The maximum Gasteiger partial charge on any atom is 0.345 e. The predicted octanol–water partition coefficient (Wildman–Crippen LogP) is 4.66. The van der Waals surface area contributed by atoms with Crippen LogP contribution in [0.1, 0.15) is 31.2 Å². The van der Waals surface area contributed by atoms with E-state index in [0.717, 1.165) is 16.2 Å². The van der Waals surface area contributed by atoms with Crippen LogP contribution in [0, 0.1) is 20.8 Å². The second-order valence-corrected chi connectivity index (χ2v) is 6.84. The van der Waals surface area contributed by atoms with Crippen molar-refractivity contribution in [1.82, 2.24) is 0 Å². The zero-order valence-corrected chi connectivity index (χ0v) is 12.8. The highest BCUT2D eigenvalue weighted by molar-refractivity contribution is 7.98. The number of aromatic carboxylic acids is 1. The minimum atomic E-state index is -0.837. The average molecular weight is 292 g/mol. The summed E-state index contributed by atoms with van der Waals surface area (Å²) in [6.45, 7) is 6.19. The summed E-state index contributed by atoms with van der Waals surface area (Å²) in [5.74, 6) is -0.0199. The average Bonchev–Trinajstić information content (AvgIpc) is 2.73. The normalized spacial score (nSPS) is 10.7. The first kappa shape index (κ1) is 14.2. The molecule has 0 aliphatic carbocycles. The number of carboxylic acid groups (broad SMARTS) is 1. The lowest BCUT2D eigenvalue weighted by Gasteiger charge is -2.05. The summed E-state index contributed by atoms with van der Waals surface area (Å²) in [6.07, 6.45) is 0. The van der Waals surface area contributed by atoms with Crippen LogP contribution < -0.4 is 0 Å². The van der Waals surface area contributed by atoms with Gasteiger partial charge in [0.2, 0.25) is 0 Å². The molecule has 4 heteroatoms. The minimum absolute atomic E-state index is 0.424. The molecular formula is C15H16O2S2. The summed E-state index contributed by atoms with van der Waals surface area (Å²) < 4.78 is 0. The minimum Gasteiger partial charge on any atom is -0.477 e. The molecule has 2 rings (SSSR count). The molecule has 0 saturated heterocycles. The van der Waals surface area contributed by atoms with Gasteiger partial charge in [0.1, 0.15) is 4.88 Å². The van der Waals surface area contributed by atoms with Crippen LogP contribution in [0.4, 0.5) is 0 Å². The number of aryl methyl sites for hydroxylation is 3. The van der Waals surface area contributed by atoms with Gasteiger partial charge >= 0.3 is 5.97 Å². The van der Waals surface area contributed by atoms with Crippen LogP contribution in [0.25, 0.3) is 0 Å². The Morgan fingerprint density at radius 1 is 1.21 bits per heavy atom. The number of rotatable bonds is 4. The number of carboxylic acids is 1. The van der Waals surface area contributed by atoms with E-state index in [1.807, 2.05) is 6.92 Å². The first-order chi connectivity index (χ1) is 8.97. The van der Waals surface area contributed by atoms with Crippen molar-refractivity contribution in [3.8, 4) is 0 Å². The van der Waals surface area contributed by atoms with Crippen LogP contribution in [0.5, 0.6) is 0 Å². The Kier molecular flexibility index (Phi) is 4.32. The van der Waals surface area contributed by atoms with E-state index in [9.17, 15) is 4.79 Å². The molecule has 0 aliphatic heterocycles. The Labute approximate surface area is 121 Å². The summed E-state index contributed by atoms with van der Waals surface area (Å²) in [4.78, 5) is 13.7. The Bertz CT molecular complexity index is 615. The molecule has 1 aromatic heterocycles. The smallest absolute Gasteiger partial charge is 0.345 e. The van der Waals surface area contributed by atoms with Gasteiger partial charge in [-0.25, -0.2) is 4.79 Å². The van der Waals surface area contributed by atoms with E-state index in [0.29, 0.717) is 4.88 Å². The zero-order chi connectivity index (χ0) is 14.0. The van der Waals surface area contributed by atoms with Crippen molar-refractivity contribution in [2.24, 2.45) is 0 Å². The Morgan fingerprint density at radius 3 is 2.53 bits per heavy atom. The topological polar surface area (TPSA) is 37.3 Å². The van der Waals surface area contributed by atoms with Gasteiger partial charge in [-0.2, -0.15) is 0 Å². The molecule has 19 heavy (non-hydrogen) atoms. The lowest BCUT2D eigenvalue weighted by Crippen LogP contribution is -1.90. The summed E-state index contributed by atoms with van der Waals surface area (Å²) >= 11 is 3.10. The Morgan fingerprint density at radius 2 is 1.95 bits per heavy atom. The van der Waals surface area contributed by atoms with Crippen molar-refractivity contribution in [3.05, 3.63) is 50.7 Å². The summed E-state index contributed by atoms with van der Waals surface area (Å²) in [6, 6.07) is 8.21. The molecule has 1 N–H and O–H groups in total. The van der Waals surface area contributed by atoms with Crippen LogP contribution in [0.2, 0.25) is 0 Å². The molecule has 2 aromatic rings. The van der Waals surface area contributed by atoms with E-state index in [-0.39, 0.29) is 0 Å². The molecule has 1 heterocycles. The summed E-state index contributed by atoms with van der Waals surface area (Å²) in [5, 5.41) is 8.98. The van der Waals surface area contributed by atoms with Crippen LogP contribution in [-0.4, -0.2) is 11.1 Å². The van der Waals surface area contributed by atoms with Gasteiger partial charge in [-0.15, -0.1) is 23.1 Å². The highest BCUT2D eigenvalue weighted by Crippen LogP contribution is 2.29. The molecule has 0 aliphatic rings. The molecule has 0 bridgehead atoms. The van der Waals surface area contributed by atoms with Crippen molar-refractivity contribution >= 4 is 29.1 Å². The lowest BCUT2D eigenvalue weighted by molar-refractivity contribution is 0.0702. The van der Waals surface area contributed by atoms with E-state index in [2.05, 4.69) is 32.0 Å². The summed E-state index contributed by atoms with van der Waals surface area (Å²) in [7, 11) is 0. The standard InChI is InChI=1S/C15H16O2S2/c1-9-4-5-13(6-10(9)2)18-8-12-7-14(15(16)17)19-11(12)3/h4-7H,8H2,1-3H3,(H,16,17). The molecule has 0 amide bonds. The molecule has 0 spiro atoms. The van der Waals surface area contributed by atoms with Gasteiger partial charge in [0.05, 0.1) is 0 Å². The fourth-order valence-corrected chi connectivity index (χ4v) is 3.75. The molecular weight excluding hydrogens is 276 g/mol. The largest absolute Gasteiger partial charge is 0.477 e. The highest BCUT2D eigenvalue weighted by atomic mass is 32.2. The van der Waals surface area contributed by atoms with Crippen molar-refractivity contribution in [1.29, 1.82) is 0 Å². The second kappa shape index (κ2) is 5.80. The van der Waals surface area contributed by atoms with E-state index in [1.54, 1.807) is 17.8 Å². The van der Waals surface area contributed by atoms with Gasteiger partial charge in [-0.1, -0.05) is 6.07 Å². The second-order valence-electron chi connectivity index (χ2n) is 4.53. The third-order valence-corrected chi connectivity index (χ3v) is 5.23. The zero-order valence-electron chi connectivity index (χ0n) is 11.2.